The average molecular weight is 150 g/mol. The van der Waals surface area contributed by atoms with Crippen molar-refractivity contribution in [2.75, 3.05) is 13.6 Å². The van der Waals surface area contributed by atoms with Gasteiger partial charge in [0.15, 0.2) is 0 Å². The average Bonchev–Trinajstić information content (AvgIpc) is 1.86. The Morgan fingerprint density at radius 3 is 2.22 bits per heavy atom. The number of nitrogens with zero attached hydrogens (tertiary/aromatic N) is 2. The van der Waals surface area contributed by atoms with Gasteiger partial charge in [0, 0.05) is 20.3 Å². The monoisotopic (exact) mass is 150 g/mol. The summed E-state index contributed by atoms with van der Waals surface area (Å²) in [6.45, 7) is 5.06. The molecule has 5 heteroatoms. The number of hydrogen-bond donors (Lipinski definition) is 0. The van der Waals surface area contributed by atoms with Crippen LogP contribution in [-0.4, -0.2) is 33.0 Å². The summed E-state index contributed by atoms with van der Waals surface area (Å²) < 4.78 is 25.3. The van der Waals surface area contributed by atoms with Crippen molar-refractivity contribution < 1.29 is 8.42 Å². The van der Waals surface area contributed by atoms with Gasteiger partial charge in [-0.3, -0.25) is 0 Å². The van der Waals surface area contributed by atoms with Gasteiger partial charge in [-0.2, -0.15) is 17.1 Å². The Labute approximate surface area is 55.4 Å². The zero-order valence-electron chi connectivity index (χ0n) is 5.53. The van der Waals surface area contributed by atoms with Crippen LogP contribution in [0.5, 0.6) is 0 Å². The third-order valence-electron chi connectivity index (χ3n) is 1.00. The molecule has 0 fully saturated rings. The zero-order chi connectivity index (χ0) is 7.49. The van der Waals surface area contributed by atoms with Crippen LogP contribution in [0.25, 0.3) is 0 Å². The minimum absolute atomic E-state index is 0.418. The lowest BCUT2D eigenvalue weighted by atomic mass is 10.8. The van der Waals surface area contributed by atoms with E-state index in [4.69, 9.17) is 0 Å². The standard InChI is InChI=1S/C4H10N2O2S/c1-4-6(3)9(7,8)5-2/h2,4H2,1,3H3. The van der Waals surface area contributed by atoms with E-state index in [9.17, 15) is 8.42 Å². The second-order valence-corrected chi connectivity index (χ2v) is 3.30. The minimum atomic E-state index is -3.40. The van der Waals surface area contributed by atoms with E-state index in [-0.39, 0.29) is 0 Å². The molecule has 54 valence electrons. The fraction of sp³-hybridized carbons (Fsp3) is 0.750. The van der Waals surface area contributed by atoms with E-state index < -0.39 is 10.2 Å². The molecule has 0 aliphatic rings. The predicted octanol–water partition coefficient (Wildman–Crippen LogP) is -0.116. The molecule has 0 unspecified atom stereocenters. The molecule has 9 heavy (non-hydrogen) atoms. The summed E-state index contributed by atoms with van der Waals surface area (Å²) in [6.07, 6.45) is 0. The van der Waals surface area contributed by atoms with Gasteiger partial charge in [-0.1, -0.05) is 6.92 Å². The SMILES string of the molecule is C=NS(=O)(=O)N(C)CC. The quantitative estimate of drug-likeness (QED) is 0.527. The van der Waals surface area contributed by atoms with Crippen LogP contribution in [0.15, 0.2) is 4.40 Å². The van der Waals surface area contributed by atoms with Crippen LogP contribution >= 0.6 is 0 Å². The van der Waals surface area contributed by atoms with Crippen molar-refractivity contribution >= 4 is 16.9 Å². The Kier molecular flexibility index (Phi) is 2.80. The highest BCUT2D eigenvalue weighted by molar-refractivity contribution is 7.87. The first-order valence-electron chi connectivity index (χ1n) is 2.49. The summed E-state index contributed by atoms with van der Waals surface area (Å²) in [5.41, 5.74) is 0. The highest BCUT2D eigenvalue weighted by Gasteiger charge is 2.10. The molecule has 4 nitrogen and oxygen atoms in total. The molecule has 0 rings (SSSR count). The van der Waals surface area contributed by atoms with Crippen molar-refractivity contribution in [3.8, 4) is 0 Å². The van der Waals surface area contributed by atoms with Gasteiger partial charge in [0.1, 0.15) is 0 Å². The van der Waals surface area contributed by atoms with Crippen LogP contribution in [0.3, 0.4) is 0 Å². The van der Waals surface area contributed by atoms with Crippen molar-refractivity contribution in [2.45, 2.75) is 6.92 Å². The van der Waals surface area contributed by atoms with Gasteiger partial charge in [0.2, 0.25) is 0 Å². The van der Waals surface area contributed by atoms with E-state index >= 15 is 0 Å². The van der Waals surface area contributed by atoms with Crippen LogP contribution in [0.1, 0.15) is 6.92 Å². The first-order chi connectivity index (χ1) is 4.04. The molecule has 0 aliphatic carbocycles. The molecule has 0 aliphatic heterocycles. The number of hydrogen-bond acceptors (Lipinski definition) is 2. The molecule has 0 N–H and O–H groups in total. The van der Waals surface area contributed by atoms with Gasteiger partial charge in [0.25, 0.3) is 0 Å². The molecule has 0 saturated heterocycles. The van der Waals surface area contributed by atoms with Gasteiger partial charge < -0.3 is 0 Å². The van der Waals surface area contributed by atoms with Gasteiger partial charge in [0.05, 0.1) is 0 Å². The summed E-state index contributed by atoms with van der Waals surface area (Å²) in [5.74, 6) is 0. The molecule has 0 heterocycles. The third-order valence-corrected chi connectivity index (χ3v) is 2.37. The first-order valence-corrected chi connectivity index (χ1v) is 3.88. The Hall–Kier alpha value is -0.420. The van der Waals surface area contributed by atoms with Gasteiger partial charge >= 0.3 is 10.2 Å². The fourth-order valence-electron chi connectivity index (χ4n) is 0.262. The van der Waals surface area contributed by atoms with Crippen molar-refractivity contribution in [1.29, 1.82) is 0 Å². The Bertz CT molecular complexity index is 185. The van der Waals surface area contributed by atoms with Crippen LogP contribution in [0, 0.1) is 0 Å². The highest BCUT2D eigenvalue weighted by atomic mass is 32.2. The van der Waals surface area contributed by atoms with Crippen LogP contribution in [0.2, 0.25) is 0 Å². The molecule has 0 aromatic carbocycles. The van der Waals surface area contributed by atoms with Crippen molar-refractivity contribution in [3.05, 3.63) is 0 Å². The molecule has 0 amide bonds. The summed E-state index contributed by atoms with van der Waals surface area (Å²) in [6, 6.07) is 0. The molecular weight excluding hydrogens is 140 g/mol. The lowest BCUT2D eigenvalue weighted by Crippen LogP contribution is -2.23. The predicted molar refractivity (Wildman–Crippen MR) is 36.8 cm³/mol. The molecule has 0 saturated carbocycles. The number of rotatable bonds is 3. The normalized spacial score (nSPS) is 11.9. The van der Waals surface area contributed by atoms with Crippen molar-refractivity contribution in [2.24, 2.45) is 4.40 Å². The van der Waals surface area contributed by atoms with E-state index in [1.807, 2.05) is 0 Å². The van der Waals surface area contributed by atoms with Crippen LogP contribution < -0.4 is 0 Å². The van der Waals surface area contributed by atoms with Gasteiger partial charge in [-0.15, -0.1) is 0 Å². The maximum absolute atomic E-state index is 10.6. The maximum Gasteiger partial charge on any atom is 0.321 e. The molecular formula is C4H10N2O2S. The van der Waals surface area contributed by atoms with Crippen molar-refractivity contribution in [3.63, 3.8) is 0 Å². The smallest absolute Gasteiger partial charge is 0.187 e. The molecule has 0 atom stereocenters. The second kappa shape index (κ2) is 2.93. The van der Waals surface area contributed by atoms with Crippen LogP contribution in [-0.2, 0) is 10.2 Å². The van der Waals surface area contributed by atoms with E-state index in [2.05, 4.69) is 11.1 Å². The summed E-state index contributed by atoms with van der Waals surface area (Å²) >= 11 is 0. The Morgan fingerprint density at radius 1 is 1.67 bits per heavy atom. The van der Waals surface area contributed by atoms with E-state index in [0.29, 0.717) is 6.54 Å². The molecule has 0 radical (unpaired) electrons. The molecule has 0 aromatic rings. The molecule has 0 bridgehead atoms. The van der Waals surface area contributed by atoms with Gasteiger partial charge in [-0.25, -0.2) is 0 Å². The van der Waals surface area contributed by atoms with Crippen LogP contribution in [0.4, 0.5) is 0 Å². The summed E-state index contributed by atoms with van der Waals surface area (Å²) in [7, 11) is -1.95. The Balaban J connectivity index is 4.35. The lowest BCUT2D eigenvalue weighted by Gasteiger charge is -2.08. The van der Waals surface area contributed by atoms with E-state index in [0.717, 1.165) is 4.31 Å². The fourth-order valence-corrected chi connectivity index (χ4v) is 0.785. The minimum Gasteiger partial charge on any atom is -0.187 e. The Morgan fingerprint density at radius 2 is 2.11 bits per heavy atom. The molecule has 0 aromatic heterocycles. The second-order valence-electron chi connectivity index (χ2n) is 1.52. The van der Waals surface area contributed by atoms with Crippen molar-refractivity contribution in [1.82, 2.24) is 4.31 Å². The molecule has 0 spiro atoms. The highest BCUT2D eigenvalue weighted by Crippen LogP contribution is 1.95. The maximum atomic E-state index is 10.6. The summed E-state index contributed by atoms with van der Waals surface area (Å²) in [4.78, 5) is 0. The third kappa shape index (κ3) is 2.11. The first kappa shape index (κ1) is 8.58. The zero-order valence-corrected chi connectivity index (χ0v) is 6.35. The van der Waals surface area contributed by atoms with E-state index in [1.165, 1.54) is 7.05 Å². The largest absolute Gasteiger partial charge is 0.321 e. The van der Waals surface area contributed by atoms with E-state index in [1.54, 1.807) is 6.92 Å². The van der Waals surface area contributed by atoms with Gasteiger partial charge in [-0.05, 0) is 0 Å². The summed E-state index contributed by atoms with van der Waals surface area (Å²) in [5, 5.41) is 0. The lowest BCUT2D eigenvalue weighted by molar-refractivity contribution is 0.488. The topological polar surface area (TPSA) is 49.7 Å².